The molecule has 0 amide bonds. The zero-order valence-corrected chi connectivity index (χ0v) is 17.9. The van der Waals surface area contributed by atoms with Crippen molar-refractivity contribution in [1.82, 2.24) is 0 Å². The molecular formula is C25H36O2. The number of unbranched alkanes of at least 4 members (excludes halogenated alkanes) is 3. The lowest BCUT2D eigenvalue weighted by Gasteiger charge is -2.23. The third-order valence-corrected chi connectivity index (χ3v) is 5.28. The second-order valence-corrected chi connectivity index (χ2v) is 8.98. The van der Waals surface area contributed by atoms with Gasteiger partial charge in [-0.05, 0) is 59.9 Å². The molecule has 2 N–H and O–H groups in total. The lowest BCUT2D eigenvalue weighted by molar-refractivity contribution is 0.439. The molecule has 0 spiro atoms. The second-order valence-electron chi connectivity index (χ2n) is 8.98. The fourth-order valence-electron chi connectivity index (χ4n) is 3.73. The molecule has 0 aliphatic carbocycles. The number of rotatable bonds is 7. The van der Waals surface area contributed by atoms with Crippen molar-refractivity contribution in [2.45, 2.75) is 85.5 Å². The fraction of sp³-hybridized carbons (Fsp3) is 0.520. The maximum absolute atomic E-state index is 10.9. The largest absolute Gasteiger partial charge is 0.507 e. The van der Waals surface area contributed by atoms with Crippen LogP contribution >= 0.6 is 0 Å². The van der Waals surface area contributed by atoms with Gasteiger partial charge in [-0.15, -0.1) is 0 Å². The van der Waals surface area contributed by atoms with Gasteiger partial charge < -0.3 is 10.2 Å². The van der Waals surface area contributed by atoms with Gasteiger partial charge in [-0.3, -0.25) is 0 Å². The van der Waals surface area contributed by atoms with E-state index in [-0.39, 0.29) is 5.41 Å². The van der Waals surface area contributed by atoms with Gasteiger partial charge in [-0.2, -0.15) is 0 Å². The van der Waals surface area contributed by atoms with E-state index >= 15 is 0 Å². The van der Waals surface area contributed by atoms with Crippen LogP contribution < -0.4 is 0 Å². The first kappa shape index (κ1) is 21.3. The van der Waals surface area contributed by atoms with Crippen molar-refractivity contribution < 1.29 is 10.2 Å². The summed E-state index contributed by atoms with van der Waals surface area (Å²) in [5.41, 5.74) is 5.97. The highest BCUT2D eigenvalue weighted by molar-refractivity contribution is 5.51. The Morgan fingerprint density at radius 3 is 2.11 bits per heavy atom. The van der Waals surface area contributed by atoms with E-state index in [9.17, 15) is 10.2 Å². The Kier molecular flexibility index (Phi) is 6.97. The van der Waals surface area contributed by atoms with Crippen molar-refractivity contribution in [3.05, 3.63) is 57.6 Å². The number of hydrogen-bond acceptors (Lipinski definition) is 2. The van der Waals surface area contributed by atoms with Gasteiger partial charge in [0.25, 0.3) is 0 Å². The second kappa shape index (κ2) is 8.82. The summed E-state index contributed by atoms with van der Waals surface area (Å²) in [5.74, 6) is 0.712. The van der Waals surface area contributed by atoms with Crippen LogP contribution in [0.15, 0.2) is 24.3 Å². The monoisotopic (exact) mass is 368 g/mol. The van der Waals surface area contributed by atoms with Crippen molar-refractivity contribution in [2.75, 3.05) is 0 Å². The molecule has 2 heteroatoms. The molecule has 0 aliphatic heterocycles. The molecule has 0 fully saturated rings. The van der Waals surface area contributed by atoms with Crippen molar-refractivity contribution >= 4 is 0 Å². The van der Waals surface area contributed by atoms with E-state index < -0.39 is 0 Å². The van der Waals surface area contributed by atoms with Gasteiger partial charge >= 0.3 is 0 Å². The van der Waals surface area contributed by atoms with Crippen LogP contribution in [0.5, 0.6) is 11.5 Å². The van der Waals surface area contributed by atoms with E-state index in [0.717, 1.165) is 34.2 Å². The van der Waals surface area contributed by atoms with E-state index in [2.05, 4.69) is 52.8 Å². The molecule has 0 heterocycles. The van der Waals surface area contributed by atoms with Crippen molar-refractivity contribution in [1.29, 1.82) is 0 Å². The molecule has 0 atom stereocenters. The average Bonchev–Trinajstić information content (AvgIpc) is 2.58. The predicted octanol–water partition coefficient (Wildman–Crippen LogP) is 6.73. The van der Waals surface area contributed by atoms with E-state index in [1.165, 1.54) is 31.2 Å². The highest BCUT2D eigenvalue weighted by Crippen LogP contribution is 2.37. The number of benzene rings is 2. The van der Waals surface area contributed by atoms with Gasteiger partial charge in [-0.1, -0.05) is 76.8 Å². The molecule has 2 nitrogen and oxygen atoms in total. The summed E-state index contributed by atoms with van der Waals surface area (Å²) in [6.45, 7) is 12.6. The third kappa shape index (κ3) is 5.51. The first-order valence-corrected chi connectivity index (χ1v) is 10.3. The van der Waals surface area contributed by atoms with E-state index in [4.69, 9.17) is 0 Å². The Bertz CT molecular complexity index is 782. The summed E-state index contributed by atoms with van der Waals surface area (Å²) >= 11 is 0. The van der Waals surface area contributed by atoms with Gasteiger partial charge in [0, 0.05) is 6.42 Å². The number of phenolic OH excluding ortho intramolecular Hbond substituents is 2. The standard InChI is InChI=1S/C25H36O2/c1-7-8-9-10-11-19-14-18(3)23(26)21(15-19)16-20-12-17(2)13-22(24(20)27)25(4,5)6/h12-15,26-27H,7-11,16H2,1-6H3. The predicted molar refractivity (Wildman–Crippen MR) is 115 cm³/mol. The Morgan fingerprint density at radius 2 is 1.48 bits per heavy atom. The highest BCUT2D eigenvalue weighted by Gasteiger charge is 2.21. The van der Waals surface area contributed by atoms with Crippen molar-refractivity contribution in [2.24, 2.45) is 0 Å². The molecule has 2 rings (SSSR count). The quantitative estimate of drug-likeness (QED) is 0.532. The Morgan fingerprint density at radius 1 is 0.815 bits per heavy atom. The molecule has 0 unspecified atom stereocenters. The SMILES string of the molecule is CCCCCCc1cc(C)c(O)c(Cc2cc(C)cc(C(C)(C)C)c2O)c1. The smallest absolute Gasteiger partial charge is 0.122 e. The zero-order chi connectivity index (χ0) is 20.2. The number of aryl methyl sites for hydroxylation is 3. The van der Waals surface area contributed by atoms with E-state index in [1.807, 2.05) is 13.0 Å². The maximum atomic E-state index is 10.9. The summed E-state index contributed by atoms with van der Waals surface area (Å²) in [6.07, 6.45) is 6.53. The number of phenols is 2. The van der Waals surface area contributed by atoms with Crippen LogP contribution in [0.25, 0.3) is 0 Å². The highest BCUT2D eigenvalue weighted by atomic mass is 16.3. The van der Waals surface area contributed by atoms with Crippen LogP contribution in [0.1, 0.15) is 86.8 Å². The number of aromatic hydroxyl groups is 2. The van der Waals surface area contributed by atoms with E-state index in [1.54, 1.807) is 0 Å². The van der Waals surface area contributed by atoms with Crippen LogP contribution in [0.3, 0.4) is 0 Å². The van der Waals surface area contributed by atoms with Crippen molar-refractivity contribution in [3.63, 3.8) is 0 Å². The molecule has 0 radical (unpaired) electrons. The lowest BCUT2D eigenvalue weighted by Crippen LogP contribution is -2.12. The molecule has 0 saturated carbocycles. The summed E-state index contributed by atoms with van der Waals surface area (Å²) in [6, 6.07) is 8.32. The summed E-state index contributed by atoms with van der Waals surface area (Å²) < 4.78 is 0. The van der Waals surface area contributed by atoms with Crippen LogP contribution in [0.2, 0.25) is 0 Å². The van der Waals surface area contributed by atoms with Crippen LogP contribution in [-0.2, 0) is 18.3 Å². The minimum Gasteiger partial charge on any atom is -0.507 e. The topological polar surface area (TPSA) is 40.5 Å². The molecule has 2 aromatic carbocycles. The zero-order valence-electron chi connectivity index (χ0n) is 17.9. The first-order valence-electron chi connectivity index (χ1n) is 10.3. The van der Waals surface area contributed by atoms with Crippen molar-refractivity contribution in [3.8, 4) is 11.5 Å². The van der Waals surface area contributed by atoms with Gasteiger partial charge in [0.2, 0.25) is 0 Å². The maximum Gasteiger partial charge on any atom is 0.122 e. The summed E-state index contributed by atoms with van der Waals surface area (Å²) in [4.78, 5) is 0. The minimum atomic E-state index is -0.121. The normalized spacial score (nSPS) is 11.8. The summed E-state index contributed by atoms with van der Waals surface area (Å²) in [7, 11) is 0. The van der Waals surface area contributed by atoms with Gasteiger partial charge in [-0.25, -0.2) is 0 Å². The Labute approximate surface area is 165 Å². The first-order chi connectivity index (χ1) is 12.6. The third-order valence-electron chi connectivity index (χ3n) is 5.28. The molecule has 0 saturated heterocycles. The van der Waals surface area contributed by atoms with Gasteiger partial charge in [0.15, 0.2) is 0 Å². The molecule has 0 bridgehead atoms. The molecular weight excluding hydrogens is 332 g/mol. The molecule has 0 aliphatic rings. The summed E-state index contributed by atoms with van der Waals surface area (Å²) in [5, 5.41) is 21.5. The molecule has 2 aromatic rings. The lowest BCUT2D eigenvalue weighted by atomic mass is 9.83. The molecule has 27 heavy (non-hydrogen) atoms. The van der Waals surface area contributed by atoms with E-state index in [0.29, 0.717) is 17.9 Å². The van der Waals surface area contributed by atoms with Crippen LogP contribution in [0, 0.1) is 13.8 Å². The minimum absolute atomic E-state index is 0.121. The molecule has 0 aromatic heterocycles. The molecule has 148 valence electrons. The Hall–Kier alpha value is -1.96. The average molecular weight is 369 g/mol. The van der Waals surface area contributed by atoms with Gasteiger partial charge in [0.05, 0.1) is 0 Å². The Balaban J connectivity index is 2.34. The van der Waals surface area contributed by atoms with Crippen LogP contribution in [-0.4, -0.2) is 10.2 Å². The van der Waals surface area contributed by atoms with Crippen LogP contribution in [0.4, 0.5) is 0 Å². The fourth-order valence-corrected chi connectivity index (χ4v) is 3.73. The number of hydrogen-bond donors (Lipinski definition) is 2. The van der Waals surface area contributed by atoms with Gasteiger partial charge in [0.1, 0.15) is 11.5 Å².